The molecule has 0 fully saturated rings. The Morgan fingerprint density at radius 2 is 0.700 bits per heavy atom. The monoisotopic (exact) mass is 636 g/mol. The Hall–Kier alpha value is -6.64. The fourth-order valence-electron chi connectivity index (χ4n) is 7.78. The Morgan fingerprint density at radius 1 is 0.260 bits per heavy atom. The summed E-state index contributed by atoms with van der Waals surface area (Å²) in [4.78, 5) is 0. The molecule has 2 heteroatoms. The number of nitrogens with zero attached hydrogens (tertiary/aromatic N) is 2. The number of hydrogen-bond acceptors (Lipinski definition) is 0. The van der Waals surface area contributed by atoms with Crippen LogP contribution in [0.4, 0.5) is 0 Å². The lowest BCUT2D eigenvalue weighted by molar-refractivity contribution is 1.17. The lowest BCUT2D eigenvalue weighted by atomic mass is 10.0. The number of fused-ring (bicyclic) bond motifs is 7. The van der Waals surface area contributed by atoms with Crippen molar-refractivity contribution >= 4 is 43.6 Å². The summed E-state index contributed by atoms with van der Waals surface area (Å²) >= 11 is 0. The smallest absolute Gasteiger partial charge is 0.0641 e. The van der Waals surface area contributed by atoms with Crippen LogP contribution in [0.25, 0.3) is 88.4 Å². The predicted molar refractivity (Wildman–Crippen MR) is 211 cm³/mol. The van der Waals surface area contributed by atoms with Crippen LogP contribution in [0.5, 0.6) is 0 Å². The molecule has 8 aromatic carbocycles. The first-order valence-corrected chi connectivity index (χ1v) is 17.2. The molecule has 10 rings (SSSR count). The highest BCUT2D eigenvalue weighted by Gasteiger charge is 2.21. The molecule has 0 radical (unpaired) electrons. The molecule has 2 aromatic heterocycles. The molecule has 2 nitrogen and oxygen atoms in total. The molecule has 0 atom stereocenters. The van der Waals surface area contributed by atoms with Gasteiger partial charge in [-0.2, -0.15) is 0 Å². The predicted octanol–water partition coefficient (Wildman–Crippen LogP) is 12.9. The van der Waals surface area contributed by atoms with E-state index in [1.807, 2.05) is 0 Å². The van der Waals surface area contributed by atoms with E-state index in [0.717, 1.165) is 11.4 Å². The van der Waals surface area contributed by atoms with Gasteiger partial charge in [-0.05, 0) is 81.9 Å². The second-order valence-corrected chi connectivity index (χ2v) is 13.0. The van der Waals surface area contributed by atoms with Gasteiger partial charge >= 0.3 is 0 Å². The van der Waals surface area contributed by atoms with Crippen LogP contribution in [-0.4, -0.2) is 9.13 Å². The molecule has 234 valence electrons. The maximum absolute atomic E-state index is 2.48. The minimum atomic E-state index is 1.15. The summed E-state index contributed by atoms with van der Waals surface area (Å²) in [7, 11) is 0. The van der Waals surface area contributed by atoms with Gasteiger partial charge in [-0.1, -0.05) is 146 Å². The molecule has 0 aliphatic heterocycles. The largest absolute Gasteiger partial charge is 0.309 e. The van der Waals surface area contributed by atoms with Gasteiger partial charge < -0.3 is 9.13 Å². The van der Waals surface area contributed by atoms with Gasteiger partial charge in [0.15, 0.2) is 0 Å². The molecule has 0 N–H and O–H groups in total. The van der Waals surface area contributed by atoms with E-state index < -0.39 is 0 Å². The summed E-state index contributed by atoms with van der Waals surface area (Å²) < 4.78 is 4.90. The highest BCUT2D eigenvalue weighted by Crippen LogP contribution is 2.43. The van der Waals surface area contributed by atoms with Crippen molar-refractivity contribution in [3.05, 3.63) is 194 Å². The maximum Gasteiger partial charge on any atom is 0.0641 e. The Kier molecular flexibility index (Phi) is 6.53. The van der Waals surface area contributed by atoms with E-state index in [-0.39, 0.29) is 0 Å². The second kappa shape index (κ2) is 11.5. The van der Waals surface area contributed by atoms with Crippen LogP contribution in [0, 0.1) is 0 Å². The fourth-order valence-corrected chi connectivity index (χ4v) is 7.78. The average Bonchev–Trinajstić information content (AvgIpc) is 3.71. The molecule has 2 heterocycles. The van der Waals surface area contributed by atoms with Crippen LogP contribution in [0.1, 0.15) is 0 Å². The Labute approximate surface area is 290 Å². The molecular weight excluding hydrogens is 605 g/mol. The maximum atomic E-state index is 2.48. The Balaban J connectivity index is 1.26. The van der Waals surface area contributed by atoms with Crippen molar-refractivity contribution in [1.82, 2.24) is 9.13 Å². The van der Waals surface area contributed by atoms with Gasteiger partial charge in [-0.15, -0.1) is 0 Å². The van der Waals surface area contributed by atoms with Crippen LogP contribution in [0.3, 0.4) is 0 Å². The third-order valence-electron chi connectivity index (χ3n) is 10.1. The van der Waals surface area contributed by atoms with Crippen molar-refractivity contribution in [2.75, 3.05) is 0 Å². The highest BCUT2D eigenvalue weighted by molar-refractivity contribution is 6.26. The third kappa shape index (κ3) is 4.50. The zero-order valence-corrected chi connectivity index (χ0v) is 27.4. The molecule has 0 bridgehead atoms. The van der Waals surface area contributed by atoms with Gasteiger partial charge in [-0.25, -0.2) is 0 Å². The molecule has 0 saturated heterocycles. The third-order valence-corrected chi connectivity index (χ3v) is 10.1. The van der Waals surface area contributed by atoms with Crippen molar-refractivity contribution in [2.24, 2.45) is 0 Å². The zero-order chi connectivity index (χ0) is 33.0. The molecule has 50 heavy (non-hydrogen) atoms. The molecule has 0 saturated carbocycles. The summed E-state index contributed by atoms with van der Waals surface area (Å²) in [5.41, 5.74) is 14.4. The molecule has 0 aliphatic carbocycles. The van der Waals surface area contributed by atoms with Crippen molar-refractivity contribution in [2.45, 2.75) is 0 Å². The second-order valence-electron chi connectivity index (χ2n) is 13.0. The van der Waals surface area contributed by atoms with E-state index >= 15 is 0 Å². The van der Waals surface area contributed by atoms with Crippen molar-refractivity contribution in [3.8, 4) is 44.8 Å². The molecule has 0 amide bonds. The van der Waals surface area contributed by atoms with Crippen LogP contribution >= 0.6 is 0 Å². The van der Waals surface area contributed by atoms with E-state index in [1.165, 1.54) is 77.0 Å². The molecule has 0 spiro atoms. The summed E-state index contributed by atoms with van der Waals surface area (Å²) in [6.07, 6.45) is 0. The standard InChI is InChI=1S/C48H32N2/c1-4-12-33(13-5-1)36-20-25-39(26-21-36)49-44-19-11-10-18-42(44)47-46(49)31-29-41-43-32-38(35-16-8-3-9-17-35)24-30-45(43)50(48(41)47)40-27-22-37(23-28-40)34-14-6-2-7-15-34/h1-32H. The lowest BCUT2D eigenvalue weighted by Gasteiger charge is -2.11. The SMILES string of the molecule is c1ccc(-c2ccc(-n3c4ccccc4c4c3ccc3c5cc(-c6ccccc6)ccc5n(-c5ccc(-c6ccccc6)cc5)c34)cc2)cc1. The van der Waals surface area contributed by atoms with E-state index in [2.05, 4.69) is 203 Å². The van der Waals surface area contributed by atoms with Crippen molar-refractivity contribution < 1.29 is 0 Å². The van der Waals surface area contributed by atoms with Crippen molar-refractivity contribution in [1.29, 1.82) is 0 Å². The summed E-state index contributed by atoms with van der Waals surface area (Å²) in [5, 5.41) is 5.00. The molecule has 0 unspecified atom stereocenters. The fraction of sp³-hybridized carbons (Fsp3) is 0. The highest BCUT2D eigenvalue weighted by atomic mass is 15.0. The van der Waals surface area contributed by atoms with Crippen LogP contribution < -0.4 is 0 Å². The number of benzene rings is 8. The minimum absolute atomic E-state index is 1.15. The number of aromatic nitrogens is 2. The zero-order valence-electron chi connectivity index (χ0n) is 27.4. The van der Waals surface area contributed by atoms with Crippen LogP contribution in [0.15, 0.2) is 194 Å². The molecular formula is C48H32N2. The summed E-state index contributed by atoms with van der Waals surface area (Å²) in [5.74, 6) is 0. The van der Waals surface area contributed by atoms with E-state index in [9.17, 15) is 0 Å². The van der Waals surface area contributed by atoms with Gasteiger partial charge in [0.2, 0.25) is 0 Å². The quantitative estimate of drug-likeness (QED) is 0.178. The van der Waals surface area contributed by atoms with Crippen LogP contribution in [0.2, 0.25) is 0 Å². The Morgan fingerprint density at radius 3 is 1.30 bits per heavy atom. The van der Waals surface area contributed by atoms with Gasteiger partial charge in [0, 0.05) is 32.9 Å². The minimum Gasteiger partial charge on any atom is -0.309 e. The van der Waals surface area contributed by atoms with Crippen molar-refractivity contribution in [3.63, 3.8) is 0 Å². The van der Waals surface area contributed by atoms with E-state index in [0.29, 0.717) is 0 Å². The van der Waals surface area contributed by atoms with Crippen LogP contribution in [-0.2, 0) is 0 Å². The van der Waals surface area contributed by atoms with Gasteiger partial charge in [0.05, 0.1) is 22.1 Å². The first-order chi connectivity index (χ1) is 24.8. The Bertz CT molecular complexity index is 2810. The summed E-state index contributed by atoms with van der Waals surface area (Å²) in [6.45, 7) is 0. The van der Waals surface area contributed by atoms with E-state index in [1.54, 1.807) is 0 Å². The number of hydrogen-bond donors (Lipinski definition) is 0. The molecule has 0 aliphatic rings. The normalized spacial score (nSPS) is 11.6. The first-order valence-electron chi connectivity index (χ1n) is 17.2. The first kappa shape index (κ1) is 28.4. The van der Waals surface area contributed by atoms with E-state index in [4.69, 9.17) is 0 Å². The number of rotatable bonds is 5. The summed E-state index contributed by atoms with van der Waals surface area (Å²) in [6, 6.07) is 70.3. The van der Waals surface area contributed by atoms with Gasteiger partial charge in [0.1, 0.15) is 0 Å². The number of para-hydroxylation sites is 1. The topological polar surface area (TPSA) is 9.86 Å². The lowest BCUT2D eigenvalue weighted by Crippen LogP contribution is -1.95. The molecule has 10 aromatic rings. The average molecular weight is 637 g/mol. The van der Waals surface area contributed by atoms with Gasteiger partial charge in [0.25, 0.3) is 0 Å². The van der Waals surface area contributed by atoms with Gasteiger partial charge in [-0.3, -0.25) is 0 Å².